The second-order valence-corrected chi connectivity index (χ2v) is 4.34. The van der Waals surface area contributed by atoms with Gasteiger partial charge in [-0.2, -0.15) is 0 Å². The van der Waals surface area contributed by atoms with Crippen LogP contribution in [0.15, 0.2) is 0 Å². The molecular weight excluding hydrogens is 208 g/mol. The van der Waals surface area contributed by atoms with Crippen molar-refractivity contribution in [1.29, 1.82) is 0 Å². The van der Waals surface area contributed by atoms with Gasteiger partial charge in [0.05, 0.1) is 0 Å². The molecule has 0 aliphatic carbocycles. The van der Waals surface area contributed by atoms with Gasteiger partial charge in [0.2, 0.25) is 5.91 Å². The zero-order valence-electron chi connectivity index (χ0n) is 9.69. The van der Waals surface area contributed by atoms with E-state index in [9.17, 15) is 9.59 Å². The Balaban J connectivity index is 2.49. The van der Waals surface area contributed by atoms with Gasteiger partial charge in [-0.3, -0.25) is 4.79 Å². The maximum atomic E-state index is 11.8. The number of rotatable bonds is 5. The first-order valence-electron chi connectivity index (χ1n) is 5.84. The molecule has 0 aromatic rings. The van der Waals surface area contributed by atoms with E-state index in [-0.39, 0.29) is 18.4 Å². The van der Waals surface area contributed by atoms with Crippen molar-refractivity contribution in [2.45, 2.75) is 51.1 Å². The molecule has 5 heteroatoms. The molecule has 16 heavy (non-hydrogen) atoms. The summed E-state index contributed by atoms with van der Waals surface area (Å²) in [7, 11) is 0. The highest BCUT2D eigenvalue weighted by Gasteiger charge is 2.33. The van der Waals surface area contributed by atoms with Gasteiger partial charge in [-0.05, 0) is 19.3 Å². The first-order chi connectivity index (χ1) is 7.56. The summed E-state index contributed by atoms with van der Waals surface area (Å²) in [4.78, 5) is 24.2. The van der Waals surface area contributed by atoms with Crippen molar-refractivity contribution in [3.63, 3.8) is 0 Å². The van der Waals surface area contributed by atoms with Crippen LogP contribution in [0.2, 0.25) is 0 Å². The summed E-state index contributed by atoms with van der Waals surface area (Å²) in [6.45, 7) is 2.56. The van der Waals surface area contributed by atoms with Crippen molar-refractivity contribution in [3.05, 3.63) is 0 Å². The molecule has 1 unspecified atom stereocenters. The minimum Gasteiger partial charge on any atom is -0.480 e. The lowest BCUT2D eigenvalue weighted by molar-refractivity contribution is -0.148. The van der Waals surface area contributed by atoms with Gasteiger partial charge in [0, 0.05) is 19.0 Å². The number of hydrogen-bond acceptors (Lipinski definition) is 3. The molecule has 0 radical (unpaired) electrons. The van der Waals surface area contributed by atoms with Crippen molar-refractivity contribution < 1.29 is 14.7 Å². The van der Waals surface area contributed by atoms with Crippen LogP contribution in [0.3, 0.4) is 0 Å². The molecule has 1 aliphatic heterocycles. The van der Waals surface area contributed by atoms with E-state index in [0.717, 1.165) is 19.3 Å². The van der Waals surface area contributed by atoms with Crippen molar-refractivity contribution in [1.82, 2.24) is 4.90 Å². The van der Waals surface area contributed by atoms with E-state index in [0.29, 0.717) is 13.0 Å². The molecule has 5 nitrogen and oxygen atoms in total. The minimum absolute atomic E-state index is 0.120. The molecule has 1 heterocycles. The van der Waals surface area contributed by atoms with Crippen LogP contribution in [0, 0.1) is 0 Å². The SMILES string of the molecule is CCCC(N)CC(=O)N1CCC[C@H]1C(=O)O. The van der Waals surface area contributed by atoms with Gasteiger partial charge in [-0.1, -0.05) is 13.3 Å². The normalized spacial score (nSPS) is 22.1. The second-order valence-electron chi connectivity index (χ2n) is 4.34. The number of carbonyl (C=O) groups excluding carboxylic acids is 1. The molecule has 1 saturated heterocycles. The van der Waals surface area contributed by atoms with E-state index >= 15 is 0 Å². The summed E-state index contributed by atoms with van der Waals surface area (Å²) in [5.41, 5.74) is 5.78. The van der Waals surface area contributed by atoms with Crippen LogP contribution < -0.4 is 5.73 Å². The molecule has 0 bridgehead atoms. The maximum Gasteiger partial charge on any atom is 0.326 e. The Morgan fingerprint density at radius 1 is 1.56 bits per heavy atom. The second kappa shape index (κ2) is 5.84. The molecule has 1 amide bonds. The van der Waals surface area contributed by atoms with E-state index in [1.807, 2.05) is 6.92 Å². The number of likely N-dealkylation sites (tertiary alicyclic amines) is 1. The van der Waals surface area contributed by atoms with Gasteiger partial charge in [-0.25, -0.2) is 4.79 Å². The topological polar surface area (TPSA) is 83.6 Å². The first kappa shape index (κ1) is 13.0. The summed E-state index contributed by atoms with van der Waals surface area (Å²) >= 11 is 0. The van der Waals surface area contributed by atoms with E-state index in [1.165, 1.54) is 4.90 Å². The van der Waals surface area contributed by atoms with Crippen LogP contribution in [-0.2, 0) is 9.59 Å². The standard InChI is InChI=1S/C11H20N2O3/c1-2-4-8(12)7-10(14)13-6-3-5-9(13)11(15)16/h8-9H,2-7,12H2,1H3,(H,15,16)/t8?,9-/m0/s1. The molecule has 1 rings (SSSR count). The van der Waals surface area contributed by atoms with Crippen LogP contribution in [0.4, 0.5) is 0 Å². The molecule has 3 N–H and O–H groups in total. The number of nitrogens with two attached hydrogens (primary N) is 1. The van der Waals surface area contributed by atoms with Crippen LogP contribution >= 0.6 is 0 Å². The number of carboxylic acids is 1. The molecule has 0 saturated carbocycles. The Morgan fingerprint density at radius 3 is 2.81 bits per heavy atom. The van der Waals surface area contributed by atoms with Crippen molar-refractivity contribution in [3.8, 4) is 0 Å². The molecule has 0 aromatic heterocycles. The summed E-state index contributed by atoms with van der Waals surface area (Å²) in [6, 6.07) is -0.783. The number of amides is 1. The minimum atomic E-state index is -0.907. The quantitative estimate of drug-likeness (QED) is 0.721. The Kier molecular flexibility index (Phi) is 4.73. The predicted octanol–water partition coefficient (Wildman–Crippen LogP) is 0.580. The van der Waals surface area contributed by atoms with E-state index in [2.05, 4.69) is 0 Å². The van der Waals surface area contributed by atoms with Gasteiger partial charge in [0.25, 0.3) is 0 Å². The monoisotopic (exact) mass is 228 g/mol. The fourth-order valence-electron chi connectivity index (χ4n) is 2.14. The molecule has 2 atom stereocenters. The van der Waals surface area contributed by atoms with Crippen molar-refractivity contribution in [2.75, 3.05) is 6.54 Å². The zero-order chi connectivity index (χ0) is 12.1. The lowest BCUT2D eigenvalue weighted by Gasteiger charge is -2.23. The van der Waals surface area contributed by atoms with E-state index in [1.54, 1.807) is 0 Å². The smallest absolute Gasteiger partial charge is 0.326 e. The zero-order valence-corrected chi connectivity index (χ0v) is 9.69. The van der Waals surface area contributed by atoms with Crippen LogP contribution in [0.25, 0.3) is 0 Å². The molecule has 1 aliphatic rings. The van der Waals surface area contributed by atoms with Crippen LogP contribution in [0.1, 0.15) is 39.0 Å². The molecule has 1 fully saturated rings. The summed E-state index contributed by atoms with van der Waals surface area (Å²) in [5.74, 6) is -1.03. The van der Waals surface area contributed by atoms with Gasteiger partial charge in [-0.15, -0.1) is 0 Å². The number of nitrogens with zero attached hydrogens (tertiary/aromatic N) is 1. The number of carbonyl (C=O) groups is 2. The van der Waals surface area contributed by atoms with Gasteiger partial charge >= 0.3 is 5.97 Å². The number of hydrogen-bond donors (Lipinski definition) is 2. The Morgan fingerprint density at radius 2 is 2.25 bits per heavy atom. The number of carboxylic acid groups (broad SMARTS) is 1. The summed E-state index contributed by atoms with van der Waals surface area (Å²) in [5, 5.41) is 8.94. The average Bonchev–Trinajstić information content (AvgIpc) is 2.65. The maximum absolute atomic E-state index is 11.8. The van der Waals surface area contributed by atoms with E-state index < -0.39 is 12.0 Å². The summed E-state index contributed by atoms with van der Waals surface area (Å²) in [6.07, 6.45) is 3.33. The van der Waals surface area contributed by atoms with Gasteiger partial charge < -0.3 is 15.7 Å². The third kappa shape index (κ3) is 3.20. The first-order valence-corrected chi connectivity index (χ1v) is 5.84. The van der Waals surface area contributed by atoms with Crippen molar-refractivity contribution >= 4 is 11.9 Å². The molecule has 92 valence electrons. The Bertz CT molecular complexity index is 268. The Hall–Kier alpha value is -1.10. The highest BCUT2D eigenvalue weighted by atomic mass is 16.4. The lowest BCUT2D eigenvalue weighted by Crippen LogP contribution is -2.42. The summed E-state index contributed by atoms with van der Waals surface area (Å²) < 4.78 is 0. The average molecular weight is 228 g/mol. The van der Waals surface area contributed by atoms with Gasteiger partial charge in [0.15, 0.2) is 0 Å². The third-order valence-corrected chi connectivity index (χ3v) is 2.95. The van der Waals surface area contributed by atoms with Crippen molar-refractivity contribution in [2.24, 2.45) is 5.73 Å². The predicted molar refractivity (Wildman–Crippen MR) is 59.9 cm³/mol. The third-order valence-electron chi connectivity index (χ3n) is 2.95. The van der Waals surface area contributed by atoms with Gasteiger partial charge in [0.1, 0.15) is 6.04 Å². The lowest BCUT2D eigenvalue weighted by atomic mass is 10.1. The fourth-order valence-corrected chi connectivity index (χ4v) is 2.14. The molecular formula is C11H20N2O3. The highest BCUT2D eigenvalue weighted by Crippen LogP contribution is 2.19. The molecule has 0 aromatic carbocycles. The van der Waals surface area contributed by atoms with E-state index in [4.69, 9.17) is 10.8 Å². The highest BCUT2D eigenvalue weighted by molar-refractivity contribution is 5.84. The Labute approximate surface area is 95.6 Å². The van der Waals surface area contributed by atoms with Crippen LogP contribution in [0.5, 0.6) is 0 Å². The number of aliphatic carboxylic acids is 1. The fraction of sp³-hybridized carbons (Fsp3) is 0.818. The molecule has 0 spiro atoms. The largest absolute Gasteiger partial charge is 0.480 e. The van der Waals surface area contributed by atoms with Crippen LogP contribution in [-0.4, -0.2) is 40.5 Å².